The van der Waals surface area contributed by atoms with Gasteiger partial charge in [0.15, 0.2) is 0 Å². The second-order valence-corrected chi connectivity index (χ2v) is 4.92. The Morgan fingerprint density at radius 3 is 2.86 bits per heavy atom. The Morgan fingerprint density at radius 2 is 2.05 bits per heavy atom. The summed E-state index contributed by atoms with van der Waals surface area (Å²) in [6, 6.07) is 7.61. The molecule has 1 aromatic carbocycles. The second-order valence-electron chi connectivity index (χ2n) is 4.92. The molecule has 0 radical (unpaired) electrons. The predicted octanol–water partition coefficient (Wildman–Crippen LogP) is 2.06. The normalized spacial score (nSPS) is 15.2. The largest absolute Gasteiger partial charge is 0.378 e. The van der Waals surface area contributed by atoms with E-state index in [1.807, 2.05) is 24.3 Å². The van der Waals surface area contributed by atoms with E-state index in [0.29, 0.717) is 37.6 Å². The average Bonchev–Trinajstić information content (AvgIpc) is 3.05. The van der Waals surface area contributed by atoms with Gasteiger partial charge in [0.25, 0.3) is 0 Å². The van der Waals surface area contributed by atoms with Gasteiger partial charge in [0, 0.05) is 23.4 Å². The van der Waals surface area contributed by atoms with Crippen LogP contribution in [0.4, 0.5) is 11.4 Å². The van der Waals surface area contributed by atoms with Crippen molar-refractivity contribution in [3.8, 4) is 0 Å². The molecule has 4 rings (SSSR count). The van der Waals surface area contributed by atoms with Crippen molar-refractivity contribution in [3.63, 3.8) is 0 Å². The maximum atomic E-state index is 8.98. The number of azide groups is 1. The maximum Gasteiger partial charge on any atom is 0.203 e. The topological polar surface area (TPSA) is 104 Å². The van der Waals surface area contributed by atoms with Gasteiger partial charge in [0.1, 0.15) is 0 Å². The number of para-hydroxylation sites is 1. The van der Waals surface area contributed by atoms with E-state index in [1.54, 1.807) is 4.52 Å². The number of hydrogen-bond donors (Lipinski definition) is 0. The summed E-state index contributed by atoms with van der Waals surface area (Å²) in [5, 5.41) is 16.7. The first-order chi connectivity index (χ1) is 10.9. The number of morpholine rings is 1. The van der Waals surface area contributed by atoms with Gasteiger partial charge in [0.2, 0.25) is 5.65 Å². The number of ether oxygens (including phenoxy) is 1. The average molecular weight is 296 g/mol. The lowest BCUT2D eigenvalue weighted by atomic mass is 10.1. The Kier molecular flexibility index (Phi) is 2.99. The Morgan fingerprint density at radius 1 is 1.23 bits per heavy atom. The van der Waals surface area contributed by atoms with E-state index >= 15 is 0 Å². The Hall–Kier alpha value is -2.90. The van der Waals surface area contributed by atoms with E-state index in [1.165, 1.54) is 0 Å². The van der Waals surface area contributed by atoms with Gasteiger partial charge in [-0.15, -0.1) is 5.10 Å². The van der Waals surface area contributed by atoms with Crippen LogP contribution in [0.25, 0.3) is 27.0 Å². The van der Waals surface area contributed by atoms with E-state index < -0.39 is 0 Å². The van der Waals surface area contributed by atoms with Crippen molar-refractivity contribution in [1.82, 2.24) is 20.0 Å². The zero-order valence-electron chi connectivity index (χ0n) is 11.6. The van der Waals surface area contributed by atoms with Crippen LogP contribution in [0.5, 0.6) is 0 Å². The zero-order valence-corrected chi connectivity index (χ0v) is 11.6. The van der Waals surface area contributed by atoms with E-state index in [0.717, 1.165) is 16.6 Å². The molecule has 1 saturated heterocycles. The first-order valence-corrected chi connectivity index (χ1v) is 6.91. The highest BCUT2D eigenvalue weighted by Gasteiger charge is 2.22. The molecule has 110 valence electrons. The van der Waals surface area contributed by atoms with Crippen LogP contribution in [-0.4, -0.2) is 46.3 Å². The fraction of sp³-hybridized carbons (Fsp3) is 0.308. The number of pyridine rings is 1. The fourth-order valence-corrected chi connectivity index (χ4v) is 2.81. The summed E-state index contributed by atoms with van der Waals surface area (Å²) in [4.78, 5) is 5.09. The van der Waals surface area contributed by atoms with Crippen LogP contribution < -0.4 is 4.90 Å². The molecule has 22 heavy (non-hydrogen) atoms. The standard InChI is InChI=1S/C13H12N8O/c14-17-15-11-9-3-1-2-4-10(9)21-13(16-18-19-21)12(11)20-5-7-22-8-6-20/h1-4H,5-8H2. The summed E-state index contributed by atoms with van der Waals surface area (Å²) in [6.45, 7) is 2.65. The molecule has 3 aromatic rings. The van der Waals surface area contributed by atoms with Gasteiger partial charge in [-0.05, 0) is 22.0 Å². The number of tetrazole rings is 1. The van der Waals surface area contributed by atoms with Gasteiger partial charge in [-0.2, -0.15) is 4.52 Å². The van der Waals surface area contributed by atoms with Gasteiger partial charge >= 0.3 is 0 Å². The molecule has 9 heteroatoms. The maximum absolute atomic E-state index is 8.98. The van der Waals surface area contributed by atoms with Crippen molar-refractivity contribution in [3.05, 3.63) is 34.7 Å². The van der Waals surface area contributed by atoms with Crippen LogP contribution in [0.3, 0.4) is 0 Å². The highest BCUT2D eigenvalue weighted by Crippen LogP contribution is 2.39. The third-order valence-electron chi connectivity index (χ3n) is 3.77. The van der Waals surface area contributed by atoms with Crippen LogP contribution >= 0.6 is 0 Å². The van der Waals surface area contributed by atoms with E-state index in [4.69, 9.17) is 10.3 Å². The van der Waals surface area contributed by atoms with Gasteiger partial charge < -0.3 is 9.64 Å². The van der Waals surface area contributed by atoms with Gasteiger partial charge in [-0.3, -0.25) is 0 Å². The van der Waals surface area contributed by atoms with Crippen LogP contribution in [-0.2, 0) is 4.74 Å². The SMILES string of the molecule is [N-]=[N+]=Nc1c(N2CCOCC2)c2nnnn2c2ccccc12. The van der Waals surface area contributed by atoms with Crippen LogP contribution in [0, 0.1) is 0 Å². The highest BCUT2D eigenvalue weighted by atomic mass is 16.5. The Balaban J connectivity index is 2.12. The molecule has 0 aliphatic carbocycles. The van der Waals surface area contributed by atoms with Crippen LogP contribution in [0.15, 0.2) is 29.4 Å². The van der Waals surface area contributed by atoms with E-state index in [2.05, 4.69) is 30.5 Å². The molecular weight excluding hydrogens is 284 g/mol. The molecule has 9 nitrogen and oxygen atoms in total. The van der Waals surface area contributed by atoms with Crippen LogP contribution in [0.2, 0.25) is 0 Å². The van der Waals surface area contributed by atoms with Crippen molar-refractivity contribution >= 4 is 27.9 Å². The molecule has 1 aliphatic rings. The zero-order chi connectivity index (χ0) is 14.9. The summed E-state index contributed by atoms with van der Waals surface area (Å²) in [5.41, 5.74) is 11.7. The first kappa shape index (κ1) is 12.8. The smallest absolute Gasteiger partial charge is 0.203 e. The van der Waals surface area contributed by atoms with Crippen molar-refractivity contribution in [2.24, 2.45) is 5.11 Å². The fourth-order valence-electron chi connectivity index (χ4n) is 2.81. The van der Waals surface area contributed by atoms with Gasteiger partial charge in [-0.25, -0.2) is 0 Å². The number of anilines is 1. The summed E-state index contributed by atoms with van der Waals surface area (Å²) in [5.74, 6) is 0. The third-order valence-corrected chi connectivity index (χ3v) is 3.77. The minimum Gasteiger partial charge on any atom is -0.378 e. The molecular formula is C13H12N8O. The molecule has 0 amide bonds. The predicted molar refractivity (Wildman–Crippen MR) is 80.1 cm³/mol. The summed E-state index contributed by atoms with van der Waals surface area (Å²) < 4.78 is 7.08. The molecule has 1 aliphatic heterocycles. The minimum atomic E-state index is 0.558. The Bertz CT molecular complexity index is 892. The number of rotatable bonds is 2. The Labute approximate surface area is 124 Å². The lowest BCUT2D eigenvalue weighted by molar-refractivity contribution is 0.123. The van der Waals surface area contributed by atoms with Gasteiger partial charge in [-0.1, -0.05) is 23.3 Å². The first-order valence-electron chi connectivity index (χ1n) is 6.91. The molecule has 1 fully saturated rings. The molecule has 3 heterocycles. The van der Waals surface area contributed by atoms with Crippen molar-refractivity contribution in [2.45, 2.75) is 0 Å². The van der Waals surface area contributed by atoms with Crippen molar-refractivity contribution in [1.29, 1.82) is 0 Å². The molecule has 0 atom stereocenters. The van der Waals surface area contributed by atoms with Crippen molar-refractivity contribution in [2.75, 3.05) is 31.2 Å². The molecule has 0 unspecified atom stereocenters. The van der Waals surface area contributed by atoms with Gasteiger partial charge in [0.05, 0.1) is 30.1 Å². The molecule has 2 aromatic heterocycles. The molecule has 0 bridgehead atoms. The lowest BCUT2D eigenvalue weighted by Gasteiger charge is -2.30. The quantitative estimate of drug-likeness (QED) is 0.409. The number of aromatic nitrogens is 4. The number of nitrogens with zero attached hydrogens (tertiary/aromatic N) is 8. The number of benzene rings is 1. The lowest BCUT2D eigenvalue weighted by Crippen LogP contribution is -2.36. The third kappa shape index (κ3) is 1.84. The minimum absolute atomic E-state index is 0.558. The number of hydrogen-bond acceptors (Lipinski definition) is 6. The molecule has 0 N–H and O–H groups in total. The highest BCUT2D eigenvalue weighted by molar-refractivity contribution is 6.02. The molecule has 0 saturated carbocycles. The van der Waals surface area contributed by atoms with E-state index in [-0.39, 0.29) is 0 Å². The molecule has 0 spiro atoms. The van der Waals surface area contributed by atoms with Crippen LogP contribution in [0.1, 0.15) is 0 Å². The van der Waals surface area contributed by atoms with E-state index in [9.17, 15) is 0 Å². The van der Waals surface area contributed by atoms with Crippen molar-refractivity contribution < 1.29 is 4.74 Å². The summed E-state index contributed by atoms with van der Waals surface area (Å²) >= 11 is 0. The monoisotopic (exact) mass is 296 g/mol. The number of fused-ring (bicyclic) bond motifs is 3. The summed E-state index contributed by atoms with van der Waals surface area (Å²) in [7, 11) is 0. The second kappa shape index (κ2) is 5.14. The summed E-state index contributed by atoms with van der Waals surface area (Å²) in [6.07, 6.45) is 0.